The second kappa shape index (κ2) is 8.97. The molecule has 6 nitrogen and oxygen atoms in total. The van der Waals surface area contributed by atoms with Gasteiger partial charge in [-0.25, -0.2) is 9.69 Å². The van der Waals surface area contributed by atoms with Gasteiger partial charge in [-0.1, -0.05) is 58.4 Å². The third kappa shape index (κ3) is 4.73. The standard InChI is InChI=1S/C24H17BrN2O4/c25-18-11-9-16(10-12-18)15-31-20-8-4-5-17(13-20)14-21-22(28)26-24(30)27(23(21)29)19-6-2-1-3-7-19/h1-14H,15H2,(H,26,28,30)/b21-14-. The van der Waals surface area contributed by atoms with Crippen molar-refractivity contribution in [3.63, 3.8) is 0 Å². The van der Waals surface area contributed by atoms with Crippen LogP contribution in [0.2, 0.25) is 0 Å². The number of carbonyl (C=O) groups excluding carboxylic acids is 3. The van der Waals surface area contributed by atoms with Crippen LogP contribution in [0.15, 0.2) is 88.9 Å². The number of halogens is 1. The number of hydrogen-bond donors (Lipinski definition) is 1. The van der Waals surface area contributed by atoms with Crippen molar-refractivity contribution in [1.82, 2.24) is 5.32 Å². The maximum absolute atomic E-state index is 12.9. The van der Waals surface area contributed by atoms with Gasteiger partial charge in [0.05, 0.1) is 5.69 Å². The Morgan fingerprint density at radius 2 is 1.65 bits per heavy atom. The van der Waals surface area contributed by atoms with Crippen LogP contribution in [0.25, 0.3) is 6.08 Å². The summed E-state index contributed by atoms with van der Waals surface area (Å²) in [7, 11) is 0. The zero-order valence-electron chi connectivity index (χ0n) is 16.2. The highest BCUT2D eigenvalue weighted by Gasteiger charge is 2.36. The molecule has 154 valence electrons. The Morgan fingerprint density at radius 3 is 2.39 bits per heavy atom. The van der Waals surface area contributed by atoms with Crippen LogP contribution in [-0.4, -0.2) is 17.8 Å². The molecule has 0 spiro atoms. The third-order valence-corrected chi connectivity index (χ3v) is 5.13. The summed E-state index contributed by atoms with van der Waals surface area (Å²) >= 11 is 3.40. The van der Waals surface area contributed by atoms with Crippen molar-refractivity contribution in [2.45, 2.75) is 6.61 Å². The summed E-state index contributed by atoms with van der Waals surface area (Å²) < 4.78 is 6.82. The normalized spacial score (nSPS) is 15.2. The SMILES string of the molecule is O=C1NC(=O)N(c2ccccc2)C(=O)/C1=C\c1cccc(OCc2ccc(Br)cc2)c1. The predicted molar refractivity (Wildman–Crippen MR) is 120 cm³/mol. The number of carbonyl (C=O) groups is 3. The van der Waals surface area contributed by atoms with E-state index in [1.54, 1.807) is 54.6 Å². The lowest BCUT2D eigenvalue weighted by atomic mass is 10.1. The third-order valence-electron chi connectivity index (χ3n) is 4.60. The maximum atomic E-state index is 12.9. The smallest absolute Gasteiger partial charge is 0.335 e. The van der Waals surface area contributed by atoms with Crippen LogP contribution >= 0.6 is 15.9 Å². The number of urea groups is 1. The van der Waals surface area contributed by atoms with Crippen LogP contribution in [0.5, 0.6) is 5.75 Å². The fourth-order valence-corrected chi connectivity index (χ4v) is 3.34. The fraction of sp³-hybridized carbons (Fsp3) is 0.0417. The minimum absolute atomic E-state index is 0.131. The molecule has 0 radical (unpaired) electrons. The van der Waals surface area contributed by atoms with Gasteiger partial charge >= 0.3 is 6.03 Å². The molecule has 7 heteroatoms. The molecule has 0 aromatic heterocycles. The number of imide groups is 2. The Kier molecular flexibility index (Phi) is 5.95. The van der Waals surface area contributed by atoms with Gasteiger partial charge in [0.25, 0.3) is 11.8 Å². The molecule has 1 aliphatic rings. The quantitative estimate of drug-likeness (QED) is 0.427. The maximum Gasteiger partial charge on any atom is 0.335 e. The van der Waals surface area contributed by atoms with E-state index < -0.39 is 17.8 Å². The van der Waals surface area contributed by atoms with Crippen molar-refractivity contribution in [3.8, 4) is 5.75 Å². The number of nitrogens with one attached hydrogen (secondary N) is 1. The molecule has 4 amide bonds. The Balaban J connectivity index is 1.56. The Morgan fingerprint density at radius 1 is 0.903 bits per heavy atom. The van der Waals surface area contributed by atoms with Crippen molar-refractivity contribution in [2.24, 2.45) is 0 Å². The molecule has 1 saturated heterocycles. The van der Waals surface area contributed by atoms with E-state index in [-0.39, 0.29) is 5.57 Å². The molecule has 0 aliphatic carbocycles. The van der Waals surface area contributed by atoms with Crippen LogP contribution in [0.1, 0.15) is 11.1 Å². The number of benzene rings is 3. The molecule has 1 fully saturated rings. The van der Waals surface area contributed by atoms with E-state index in [0.717, 1.165) is 14.9 Å². The van der Waals surface area contributed by atoms with Gasteiger partial charge in [-0.05, 0) is 53.6 Å². The van der Waals surface area contributed by atoms with Crippen LogP contribution in [0, 0.1) is 0 Å². The number of amides is 4. The average molecular weight is 477 g/mol. The number of ether oxygens (including phenoxy) is 1. The van der Waals surface area contributed by atoms with Crippen molar-refractivity contribution < 1.29 is 19.1 Å². The van der Waals surface area contributed by atoms with Crippen LogP contribution in [0.3, 0.4) is 0 Å². The first-order valence-electron chi connectivity index (χ1n) is 9.45. The van der Waals surface area contributed by atoms with E-state index >= 15 is 0 Å². The summed E-state index contributed by atoms with van der Waals surface area (Å²) in [4.78, 5) is 38.4. The molecule has 0 atom stereocenters. The highest BCUT2D eigenvalue weighted by Crippen LogP contribution is 2.23. The summed E-state index contributed by atoms with van der Waals surface area (Å²) in [6.07, 6.45) is 1.45. The lowest BCUT2D eigenvalue weighted by Crippen LogP contribution is -2.54. The molecule has 3 aromatic rings. The molecular formula is C24H17BrN2O4. The van der Waals surface area contributed by atoms with Gasteiger partial charge in [-0.3, -0.25) is 14.9 Å². The number of anilines is 1. The Hall–Kier alpha value is -3.71. The first-order chi connectivity index (χ1) is 15.0. The summed E-state index contributed by atoms with van der Waals surface area (Å²) in [6, 6.07) is 22.5. The van der Waals surface area contributed by atoms with Gasteiger partial charge in [0.2, 0.25) is 0 Å². The predicted octanol–water partition coefficient (Wildman–Crippen LogP) is 4.69. The summed E-state index contributed by atoms with van der Waals surface area (Å²) in [6.45, 7) is 0.378. The number of rotatable bonds is 5. The Bertz CT molecular complexity index is 1170. The van der Waals surface area contributed by atoms with Crippen LogP contribution in [0.4, 0.5) is 10.5 Å². The molecule has 1 heterocycles. The number of nitrogens with zero attached hydrogens (tertiary/aromatic N) is 1. The second-order valence-electron chi connectivity index (χ2n) is 6.78. The average Bonchev–Trinajstić information content (AvgIpc) is 2.77. The zero-order valence-corrected chi connectivity index (χ0v) is 17.8. The van der Waals surface area contributed by atoms with E-state index in [4.69, 9.17) is 4.74 Å². The zero-order chi connectivity index (χ0) is 21.8. The van der Waals surface area contributed by atoms with Crippen LogP contribution < -0.4 is 15.0 Å². The first-order valence-corrected chi connectivity index (χ1v) is 10.2. The number of hydrogen-bond acceptors (Lipinski definition) is 4. The summed E-state index contributed by atoms with van der Waals surface area (Å²) in [5.41, 5.74) is 1.86. The molecule has 31 heavy (non-hydrogen) atoms. The van der Waals surface area contributed by atoms with E-state index in [2.05, 4.69) is 21.2 Å². The molecule has 3 aromatic carbocycles. The van der Waals surface area contributed by atoms with E-state index in [1.807, 2.05) is 24.3 Å². The lowest BCUT2D eigenvalue weighted by Gasteiger charge is -2.26. The van der Waals surface area contributed by atoms with Crippen molar-refractivity contribution >= 4 is 45.5 Å². The molecule has 1 N–H and O–H groups in total. The van der Waals surface area contributed by atoms with Gasteiger partial charge in [-0.2, -0.15) is 0 Å². The minimum Gasteiger partial charge on any atom is -0.489 e. The summed E-state index contributed by atoms with van der Waals surface area (Å²) in [5, 5.41) is 2.22. The molecule has 4 rings (SSSR count). The molecule has 0 bridgehead atoms. The van der Waals surface area contributed by atoms with Gasteiger partial charge in [0, 0.05) is 4.47 Å². The van der Waals surface area contributed by atoms with Crippen molar-refractivity contribution in [1.29, 1.82) is 0 Å². The van der Waals surface area contributed by atoms with E-state index in [1.165, 1.54) is 6.08 Å². The second-order valence-corrected chi connectivity index (χ2v) is 7.70. The molecule has 1 aliphatic heterocycles. The van der Waals surface area contributed by atoms with Gasteiger partial charge < -0.3 is 4.74 Å². The number of para-hydroxylation sites is 1. The lowest BCUT2D eigenvalue weighted by molar-refractivity contribution is -0.122. The highest BCUT2D eigenvalue weighted by atomic mass is 79.9. The minimum atomic E-state index is -0.773. The van der Waals surface area contributed by atoms with E-state index in [9.17, 15) is 14.4 Å². The first kappa shape index (κ1) is 20.6. The van der Waals surface area contributed by atoms with Gasteiger partial charge in [0.1, 0.15) is 17.9 Å². The monoisotopic (exact) mass is 476 g/mol. The van der Waals surface area contributed by atoms with Gasteiger partial charge in [0.15, 0.2) is 0 Å². The van der Waals surface area contributed by atoms with Crippen LogP contribution in [-0.2, 0) is 16.2 Å². The van der Waals surface area contributed by atoms with Crippen molar-refractivity contribution in [2.75, 3.05) is 4.90 Å². The highest BCUT2D eigenvalue weighted by molar-refractivity contribution is 9.10. The van der Waals surface area contributed by atoms with Crippen molar-refractivity contribution in [3.05, 3.63) is 100 Å². The summed E-state index contributed by atoms with van der Waals surface area (Å²) in [5.74, 6) is -0.818. The number of barbiturate groups is 1. The molecular weight excluding hydrogens is 460 g/mol. The largest absolute Gasteiger partial charge is 0.489 e. The fourth-order valence-electron chi connectivity index (χ4n) is 3.08. The molecule has 0 saturated carbocycles. The van der Waals surface area contributed by atoms with E-state index in [0.29, 0.717) is 23.6 Å². The van der Waals surface area contributed by atoms with Gasteiger partial charge in [-0.15, -0.1) is 0 Å². The Labute approximate surface area is 187 Å². The topological polar surface area (TPSA) is 75.7 Å². The molecule has 0 unspecified atom stereocenters.